The summed E-state index contributed by atoms with van der Waals surface area (Å²) < 4.78 is 5.29. The Labute approximate surface area is 106 Å². The fourth-order valence-electron chi connectivity index (χ4n) is 2.36. The molecule has 3 rings (SSSR count). The van der Waals surface area contributed by atoms with E-state index < -0.39 is 0 Å². The first-order valence-electron chi connectivity index (χ1n) is 6.25. The minimum atomic E-state index is 0.815. The summed E-state index contributed by atoms with van der Waals surface area (Å²) in [5.41, 5.74) is 1.59. The Morgan fingerprint density at radius 3 is 3.00 bits per heavy atom. The molecule has 2 aromatic heterocycles. The van der Waals surface area contributed by atoms with Crippen LogP contribution in [0.4, 0.5) is 0 Å². The van der Waals surface area contributed by atoms with Crippen LogP contribution in [0.15, 0.2) is 28.9 Å². The van der Waals surface area contributed by atoms with Gasteiger partial charge in [0, 0.05) is 16.3 Å². The van der Waals surface area contributed by atoms with Crippen LogP contribution < -0.4 is 5.32 Å². The van der Waals surface area contributed by atoms with Crippen molar-refractivity contribution >= 4 is 11.3 Å². The lowest BCUT2D eigenvalue weighted by Crippen LogP contribution is -2.10. The Balaban J connectivity index is 1.56. The predicted octanol–water partition coefficient (Wildman–Crippen LogP) is 3.51. The zero-order chi connectivity index (χ0) is 11.5. The van der Waals surface area contributed by atoms with E-state index in [2.05, 4.69) is 11.4 Å². The number of fused-ring (bicyclic) bond motifs is 1. The molecule has 90 valence electrons. The Morgan fingerprint density at radius 2 is 2.18 bits per heavy atom. The predicted molar refractivity (Wildman–Crippen MR) is 70.2 cm³/mol. The molecular formula is C14H17NOS. The molecule has 0 radical (unpaired) electrons. The molecular weight excluding hydrogens is 230 g/mol. The van der Waals surface area contributed by atoms with Crippen LogP contribution in [-0.4, -0.2) is 0 Å². The molecule has 2 aromatic rings. The van der Waals surface area contributed by atoms with Crippen LogP contribution in [-0.2, 0) is 25.9 Å². The summed E-state index contributed by atoms with van der Waals surface area (Å²) in [5, 5.41) is 3.43. The van der Waals surface area contributed by atoms with Crippen LogP contribution >= 0.6 is 11.3 Å². The number of hydrogen-bond acceptors (Lipinski definition) is 3. The minimum absolute atomic E-state index is 0.815. The van der Waals surface area contributed by atoms with Crippen molar-refractivity contribution in [3.63, 3.8) is 0 Å². The van der Waals surface area contributed by atoms with Crippen molar-refractivity contribution in [2.45, 2.75) is 38.8 Å². The van der Waals surface area contributed by atoms with Gasteiger partial charge in [0.25, 0.3) is 0 Å². The van der Waals surface area contributed by atoms with E-state index in [9.17, 15) is 0 Å². The molecule has 2 nitrogen and oxygen atoms in total. The largest absolute Gasteiger partial charge is 0.468 e. The maximum atomic E-state index is 5.29. The number of furan rings is 1. The van der Waals surface area contributed by atoms with Crippen LogP contribution in [0.3, 0.4) is 0 Å². The van der Waals surface area contributed by atoms with Gasteiger partial charge in [-0.25, -0.2) is 0 Å². The molecule has 0 atom stereocenters. The van der Waals surface area contributed by atoms with Crippen molar-refractivity contribution in [1.82, 2.24) is 5.32 Å². The standard InChI is InChI=1S/C14H17NOS/c1-2-6-14-11(4-1)8-13(17-14)10-15-9-12-5-3-7-16-12/h3,5,7-8,15H,1-2,4,6,9-10H2. The molecule has 0 spiro atoms. The summed E-state index contributed by atoms with van der Waals surface area (Å²) in [5.74, 6) is 1.01. The van der Waals surface area contributed by atoms with Crippen molar-refractivity contribution in [2.75, 3.05) is 0 Å². The average Bonchev–Trinajstić information content (AvgIpc) is 2.96. The van der Waals surface area contributed by atoms with Crippen LogP contribution in [0.5, 0.6) is 0 Å². The highest BCUT2D eigenvalue weighted by Gasteiger charge is 2.12. The molecule has 3 heteroatoms. The minimum Gasteiger partial charge on any atom is -0.468 e. The highest BCUT2D eigenvalue weighted by atomic mass is 32.1. The average molecular weight is 247 g/mol. The molecule has 0 saturated carbocycles. The summed E-state index contributed by atoms with van der Waals surface area (Å²) in [6.07, 6.45) is 7.03. The molecule has 1 aliphatic rings. The van der Waals surface area contributed by atoms with Gasteiger partial charge in [0.15, 0.2) is 0 Å². The number of nitrogens with one attached hydrogen (secondary N) is 1. The summed E-state index contributed by atoms with van der Waals surface area (Å²) >= 11 is 1.98. The van der Waals surface area contributed by atoms with Crippen molar-refractivity contribution in [1.29, 1.82) is 0 Å². The summed E-state index contributed by atoms with van der Waals surface area (Å²) in [4.78, 5) is 3.08. The van der Waals surface area contributed by atoms with E-state index >= 15 is 0 Å². The second-order valence-electron chi connectivity index (χ2n) is 4.55. The molecule has 0 fully saturated rings. The lowest BCUT2D eigenvalue weighted by atomic mass is 9.99. The fraction of sp³-hybridized carbons (Fsp3) is 0.429. The normalized spacial score (nSPS) is 14.8. The molecule has 0 aromatic carbocycles. The molecule has 0 unspecified atom stereocenters. The van der Waals surface area contributed by atoms with Gasteiger partial charge in [0.2, 0.25) is 0 Å². The Hall–Kier alpha value is -1.06. The first-order chi connectivity index (χ1) is 8.42. The van der Waals surface area contributed by atoms with Gasteiger partial charge >= 0.3 is 0 Å². The van der Waals surface area contributed by atoms with Crippen LogP contribution in [0.2, 0.25) is 0 Å². The van der Waals surface area contributed by atoms with E-state index in [-0.39, 0.29) is 0 Å². The summed E-state index contributed by atoms with van der Waals surface area (Å²) in [7, 11) is 0. The molecule has 1 aliphatic carbocycles. The molecule has 0 aliphatic heterocycles. The van der Waals surface area contributed by atoms with Gasteiger partial charge in [0.05, 0.1) is 12.8 Å². The molecule has 1 N–H and O–H groups in total. The lowest BCUT2D eigenvalue weighted by molar-refractivity contribution is 0.483. The van der Waals surface area contributed by atoms with Crippen molar-refractivity contribution in [3.8, 4) is 0 Å². The van der Waals surface area contributed by atoms with Crippen LogP contribution in [0.1, 0.15) is 33.9 Å². The van der Waals surface area contributed by atoms with Crippen molar-refractivity contribution < 1.29 is 4.42 Å². The highest BCUT2D eigenvalue weighted by molar-refractivity contribution is 7.12. The number of aryl methyl sites for hydroxylation is 2. The van der Waals surface area contributed by atoms with Crippen molar-refractivity contribution in [2.24, 2.45) is 0 Å². The van der Waals surface area contributed by atoms with E-state index in [0.29, 0.717) is 0 Å². The van der Waals surface area contributed by atoms with Crippen LogP contribution in [0.25, 0.3) is 0 Å². The third-order valence-corrected chi connectivity index (χ3v) is 4.46. The monoisotopic (exact) mass is 247 g/mol. The molecule has 0 amide bonds. The maximum absolute atomic E-state index is 5.29. The van der Waals surface area contributed by atoms with Gasteiger partial charge in [0.1, 0.15) is 5.76 Å². The third-order valence-electron chi connectivity index (χ3n) is 3.23. The number of thiophene rings is 1. The Bertz CT molecular complexity index is 449. The summed E-state index contributed by atoms with van der Waals surface area (Å²) in [6, 6.07) is 6.32. The number of rotatable bonds is 4. The van der Waals surface area contributed by atoms with Gasteiger partial charge in [-0.1, -0.05) is 0 Å². The quantitative estimate of drug-likeness (QED) is 0.894. The zero-order valence-corrected chi connectivity index (χ0v) is 10.7. The van der Waals surface area contributed by atoms with Crippen molar-refractivity contribution in [3.05, 3.63) is 45.5 Å². The Morgan fingerprint density at radius 1 is 1.24 bits per heavy atom. The lowest BCUT2D eigenvalue weighted by Gasteiger charge is -2.08. The van der Waals surface area contributed by atoms with E-state index in [4.69, 9.17) is 4.42 Å². The van der Waals surface area contributed by atoms with E-state index in [1.807, 2.05) is 23.5 Å². The molecule has 17 heavy (non-hydrogen) atoms. The van der Waals surface area contributed by atoms with Crippen LogP contribution in [0, 0.1) is 0 Å². The smallest absolute Gasteiger partial charge is 0.117 e. The third kappa shape index (κ3) is 2.61. The number of hydrogen-bond donors (Lipinski definition) is 1. The summed E-state index contributed by atoms with van der Waals surface area (Å²) in [6.45, 7) is 1.77. The van der Waals surface area contributed by atoms with Gasteiger partial charge in [-0.3, -0.25) is 0 Å². The SMILES string of the molecule is c1coc(CNCc2cc3c(s2)CCCC3)c1. The highest BCUT2D eigenvalue weighted by Crippen LogP contribution is 2.29. The fourth-order valence-corrected chi connectivity index (χ4v) is 3.59. The second kappa shape index (κ2) is 5.07. The molecule has 2 heterocycles. The van der Waals surface area contributed by atoms with E-state index in [1.54, 1.807) is 16.7 Å². The topological polar surface area (TPSA) is 25.2 Å². The zero-order valence-electron chi connectivity index (χ0n) is 9.87. The maximum Gasteiger partial charge on any atom is 0.117 e. The molecule has 0 saturated heterocycles. The van der Waals surface area contributed by atoms with Gasteiger partial charge in [-0.05, 0) is 49.4 Å². The first kappa shape index (κ1) is 11.1. The van der Waals surface area contributed by atoms with E-state index in [1.165, 1.54) is 30.6 Å². The second-order valence-corrected chi connectivity index (χ2v) is 5.77. The van der Waals surface area contributed by atoms with Gasteiger partial charge in [-0.15, -0.1) is 11.3 Å². The van der Waals surface area contributed by atoms with Gasteiger partial charge < -0.3 is 9.73 Å². The Kier molecular flexibility index (Phi) is 3.29. The van der Waals surface area contributed by atoms with E-state index in [0.717, 1.165) is 18.8 Å². The van der Waals surface area contributed by atoms with Gasteiger partial charge in [-0.2, -0.15) is 0 Å². The first-order valence-corrected chi connectivity index (χ1v) is 7.07. The molecule has 0 bridgehead atoms.